The Hall–Kier alpha value is -1.02. The van der Waals surface area contributed by atoms with Gasteiger partial charge in [-0.25, -0.2) is 0 Å². The predicted octanol–water partition coefficient (Wildman–Crippen LogP) is 3.44. The average molecular weight is 474 g/mol. The number of ether oxygens (including phenoxy) is 1. The van der Waals surface area contributed by atoms with Crippen molar-refractivity contribution in [2.75, 3.05) is 40.8 Å². The lowest BCUT2D eigenvalue weighted by Gasteiger charge is -2.36. The van der Waals surface area contributed by atoms with E-state index in [0.717, 1.165) is 24.8 Å². The Kier molecular flexibility index (Phi) is 10.3. The van der Waals surface area contributed by atoms with Crippen molar-refractivity contribution in [2.24, 2.45) is 10.9 Å². The molecule has 6 heteroatoms. The minimum Gasteiger partial charge on any atom is -0.497 e. The molecule has 0 amide bonds. The molecule has 1 aliphatic rings. The molecule has 0 saturated carbocycles. The van der Waals surface area contributed by atoms with Crippen LogP contribution in [0.15, 0.2) is 29.3 Å². The van der Waals surface area contributed by atoms with Gasteiger partial charge in [0.1, 0.15) is 5.75 Å². The van der Waals surface area contributed by atoms with Gasteiger partial charge in [-0.1, -0.05) is 12.1 Å². The summed E-state index contributed by atoms with van der Waals surface area (Å²) in [5, 5.41) is 3.57. The standard InChI is InChI=1S/C20H34N4O.HI/c1-16(2)24-12-6-7-18(15-24)13-22-20(21-3)23(4)14-17-8-10-19(25-5)11-9-17;/h8-11,16,18H,6-7,12-15H2,1-5H3,(H,21,22);1H. The van der Waals surface area contributed by atoms with Crippen LogP contribution in [0.2, 0.25) is 0 Å². The van der Waals surface area contributed by atoms with E-state index >= 15 is 0 Å². The molecule has 1 saturated heterocycles. The van der Waals surface area contributed by atoms with Crippen molar-refractivity contribution >= 4 is 29.9 Å². The van der Waals surface area contributed by atoms with Crippen molar-refractivity contribution in [3.8, 4) is 5.75 Å². The van der Waals surface area contributed by atoms with Crippen LogP contribution in [0.3, 0.4) is 0 Å². The summed E-state index contributed by atoms with van der Waals surface area (Å²) < 4.78 is 5.22. The molecule has 1 unspecified atom stereocenters. The lowest BCUT2D eigenvalue weighted by atomic mass is 9.97. The highest BCUT2D eigenvalue weighted by molar-refractivity contribution is 14.0. The van der Waals surface area contributed by atoms with Crippen LogP contribution in [0.4, 0.5) is 0 Å². The molecule has 1 atom stereocenters. The molecule has 0 bridgehead atoms. The maximum absolute atomic E-state index is 5.22. The van der Waals surface area contributed by atoms with Gasteiger partial charge in [0.15, 0.2) is 5.96 Å². The minimum atomic E-state index is 0. The SMILES string of the molecule is CN=C(NCC1CCCN(C(C)C)C1)N(C)Cc1ccc(OC)cc1.I. The van der Waals surface area contributed by atoms with Crippen LogP contribution in [0.5, 0.6) is 5.75 Å². The minimum absolute atomic E-state index is 0. The molecule has 0 aromatic heterocycles. The van der Waals surface area contributed by atoms with Crippen LogP contribution in [-0.2, 0) is 6.54 Å². The number of halogens is 1. The molecule has 0 spiro atoms. The summed E-state index contributed by atoms with van der Waals surface area (Å²) >= 11 is 0. The zero-order valence-electron chi connectivity index (χ0n) is 16.9. The third-order valence-electron chi connectivity index (χ3n) is 4.98. The first-order valence-corrected chi connectivity index (χ1v) is 9.32. The largest absolute Gasteiger partial charge is 0.497 e. The van der Waals surface area contributed by atoms with Crippen LogP contribution in [0, 0.1) is 5.92 Å². The normalized spacial score (nSPS) is 18.4. The van der Waals surface area contributed by atoms with Crippen molar-refractivity contribution in [3.05, 3.63) is 29.8 Å². The first kappa shape index (κ1) is 23.0. The van der Waals surface area contributed by atoms with E-state index in [9.17, 15) is 0 Å². The van der Waals surface area contributed by atoms with Gasteiger partial charge in [0.05, 0.1) is 7.11 Å². The van der Waals surface area contributed by atoms with Gasteiger partial charge >= 0.3 is 0 Å². The number of hydrogen-bond acceptors (Lipinski definition) is 3. The second-order valence-corrected chi connectivity index (χ2v) is 7.23. The Bertz CT molecular complexity index is 547. The second-order valence-electron chi connectivity index (χ2n) is 7.23. The third kappa shape index (κ3) is 6.95. The van der Waals surface area contributed by atoms with Gasteiger partial charge in [0, 0.05) is 39.8 Å². The topological polar surface area (TPSA) is 40.1 Å². The van der Waals surface area contributed by atoms with E-state index in [2.05, 4.69) is 53.1 Å². The maximum Gasteiger partial charge on any atom is 0.193 e. The zero-order chi connectivity index (χ0) is 18.2. The van der Waals surface area contributed by atoms with Crippen molar-refractivity contribution in [3.63, 3.8) is 0 Å². The van der Waals surface area contributed by atoms with Crippen molar-refractivity contribution in [2.45, 2.75) is 39.3 Å². The number of rotatable bonds is 6. The number of aliphatic imine (C=N–C) groups is 1. The quantitative estimate of drug-likeness (QED) is 0.390. The van der Waals surface area contributed by atoms with E-state index < -0.39 is 0 Å². The number of methoxy groups -OCH3 is 1. The Labute approximate surface area is 176 Å². The average Bonchev–Trinajstić information content (AvgIpc) is 2.63. The number of nitrogens with zero attached hydrogens (tertiary/aromatic N) is 3. The first-order chi connectivity index (χ1) is 12.0. The van der Waals surface area contributed by atoms with Crippen LogP contribution in [0.25, 0.3) is 0 Å². The molecule has 5 nitrogen and oxygen atoms in total. The molecule has 1 N–H and O–H groups in total. The fraction of sp³-hybridized carbons (Fsp3) is 0.650. The number of likely N-dealkylation sites (tertiary alicyclic amines) is 1. The number of guanidine groups is 1. The predicted molar refractivity (Wildman–Crippen MR) is 121 cm³/mol. The molecular weight excluding hydrogens is 439 g/mol. The summed E-state index contributed by atoms with van der Waals surface area (Å²) in [5.41, 5.74) is 1.25. The zero-order valence-corrected chi connectivity index (χ0v) is 19.2. The number of nitrogens with one attached hydrogen (secondary N) is 1. The highest BCUT2D eigenvalue weighted by atomic mass is 127. The molecule has 1 heterocycles. The molecule has 1 aromatic carbocycles. The molecule has 2 rings (SSSR count). The van der Waals surface area contributed by atoms with Crippen molar-refractivity contribution in [1.29, 1.82) is 0 Å². The van der Waals surface area contributed by atoms with E-state index in [1.165, 1.54) is 31.5 Å². The van der Waals surface area contributed by atoms with E-state index in [0.29, 0.717) is 12.0 Å². The van der Waals surface area contributed by atoms with Crippen molar-refractivity contribution < 1.29 is 4.74 Å². The van der Waals surface area contributed by atoms with Gasteiger partial charge < -0.3 is 19.9 Å². The van der Waals surface area contributed by atoms with Gasteiger partial charge in [-0.15, -0.1) is 24.0 Å². The maximum atomic E-state index is 5.22. The molecular formula is C20H35IN4O. The Morgan fingerprint density at radius 2 is 2.04 bits per heavy atom. The molecule has 26 heavy (non-hydrogen) atoms. The van der Waals surface area contributed by atoms with E-state index in [1.54, 1.807) is 7.11 Å². The number of benzene rings is 1. The number of hydrogen-bond donors (Lipinski definition) is 1. The van der Waals surface area contributed by atoms with Gasteiger partial charge in [-0.05, 0) is 56.8 Å². The van der Waals surface area contributed by atoms with Crippen LogP contribution in [-0.4, -0.2) is 62.6 Å². The first-order valence-electron chi connectivity index (χ1n) is 9.32. The van der Waals surface area contributed by atoms with E-state index in [1.807, 2.05) is 19.2 Å². The van der Waals surface area contributed by atoms with Gasteiger partial charge in [0.2, 0.25) is 0 Å². The van der Waals surface area contributed by atoms with Crippen molar-refractivity contribution in [1.82, 2.24) is 15.1 Å². The summed E-state index contributed by atoms with van der Waals surface area (Å²) in [5.74, 6) is 2.54. The summed E-state index contributed by atoms with van der Waals surface area (Å²) in [7, 11) is 5.63. The molecule has 1 fully saturated rings. The summed E-state index contributed by atoms with van der Waals surface area (Å²) in [4.78, 5) is 9.20. The fourth-order valence-corrected chi connectivity index (χ4v) is 3.43. The molecule has 0 radical (unpaired) electrons. The monoisotopic (exact) mass is 474 g/mol. The van der Waals surface area contributed by atoms with Gasteiger partial charge in [0.25, 0.3) is 0 Å². The van der Waals surface area contributed by atoms with E-state index in [4.69, 9.17) is 4.74 Å². The molecule has 0 aliphatic carbocycles. The smallest absolute Gasteiger partial charge is 0.193 e. The molecule has 148 valence electrons. The lowest BCUT2D eigenvalue weighted by molar-refractivity contribution is 0.140. The molecule has 1 aliphatic heterocycles. The number of piperidine rings is 1. The molecule has 1 aromatic rings. The highest BCUT2D eigenvalue weighted by Gasteiger charge is 2.22. The van der Waals surface area contributed by atoms with Gasteiger partial charge in [-0.3, -0.25) is 4.99 Å². The highest BCUT2D eigenvalue weighted by Crippen LogP contribution is 2.18. The second kappa shape index (κ2) is 11.6. The Morgan fingerprint density at radius 3 is 2.62 bits per heavy atom. The Morgan fingerprint density at radius 1 is 1.35 bits per heavy atom. The van der Waals surface area contributed by atoms with Crippen LogP contribution < -0.4 is 10.1 Å². The van der Waals surface area contributed by atoms with E-state index in [-0.39, 0.29) is 24.0 Å². The van der Waals surface area contributed by atoms with Crippen LogP contribution in [0.1, 0.15) is 32.3 Å². The Balaban J connectivity index is 0.00000338. The van der Waals surface area contributed by atoms with Crippen LogP contribution >= 0.6 is 24.0 Å². The summed E-state index contributed by atoms with van der Waals surface area (Å²) in [6.07, 6.45) is 2.60. The summed E-state index contributed by atoms with van der Waals surface area (Å²) in [6.45, 7) is 8.81. The van der Waals surface area contributed by atoms with Gasteiger partial charge in [-0.2, -0.15) is 0 Å². The summed E-state index contributed by atoms with van der Waals surface area (Å²) in [6, 6.07) is 8.85. The third-order valence-corrected chi connectivity index (χ3v) is 4.98. The fourth-order valence-electron chi connectivity index (χ4n) is 3.43. The lowest BCUT2D eigenvalue weighted by Crippen LogP contribution is -2.46.